The lowest BCUT2D eigenvalue weighted by molar-refractivity contribution is 0.0955. The molecule has 0 saturated carbocycles. The first-order chi connectivity index (χ1) is 13.1. The van der Waals surface area contributed by atoms with E-state index in [2.05, 4.69) is 15.5 Å². The average molecular weight is 384 g/mol. The van der Waals surface area contributed by atoms with Crippen molar-refractivity contribution in [3.63, 3.8) is 0 Å². The minimum Gasteiger partial charge on any atom is -0.489 e. The Morgan fingerprint density at radius 2 is 1.93 bits per heavy atom. The highest BCUT2D eigenvalue weighted by atomic mass is 35.5. The Balaban J connectivity index is 1.54. The second-order valence-electron chi connectivity index (χ2n) is 5.49. The molecule has 0 aliphatic carbocycles. The molecule has 1 amide bonds. The van der Waals surface area contributed by atoms with Gasteiger partial charge in [0.1, 0.15) is 23.3 Å². The van der Waals surface area contributed by atoms with Crippen LogP contribution in [0.15, 0.2) is 72.0 Å². The number of nitrogens with zero attached hydrogens (tertiary/aromatic N) is 2. The summed E-state index contributed by atoms with van der Waals surface area (Å²) in [5.41, 5.74) is 3.87. The second-order valence-corrected chi connectivity index (χ2v) is 5.85. The summed E-state index contributed by atoms with van der Waals surface area (Å²) in [7, 11) is 0. The average Bonchev–Trinajstić information content (AvgIpc) is 2.68. The standard InChI is InChI=1S/C20H15ClFN3O2/c21-19-17(5-3-11-23-19)20(26)25-24-12-14-7-9-16(10-8-14)27-13-15-4-1-2-6-18(15)22/h1-12H,13H2,(H,25,26). The van der Waals surface area contributed by atoms with E-state index in [1.165, 1.54) is 18.5 Å². The third-order valence-corrected chi connectivity index (χ3v) is 3.92. The zero-order valence-electron chi connectivity index (χ0n) is 14.1. The van der Waals surface area contributed by atoms with Gasteiger partial charge in [-0.1, -0.05) is 29.8 Å². The summed E-state index contributed by atoms with van der Waals surface area (Å²) in [6, 6.07) is 16.6. The van der Waals surface area contributed by atoms with Crippen molar-refractivity contribution in [3.8, 4) is 5.75 Å². The Labute approximate surface area is 160 Å². The minimum absolute atomic E-state index is 0.113. The Morgan fingerprint density at radius 1 is 1.15 bits per heavy atom. The zero-order chi connectivity index (χ0) is 19.1. The number of hydrazone groups is 1. The smallest absolute Gasteiger partial charge is 0.274 e. The van der Waals surface area contributed by atoms with Gasteiger partial charge in [0.25, 0.3) is 5.91 Å². The molecule has 1 aromatic heterocycles. The monoisotopic (exact) mass is 383 g/mol. The number of hydrogen-bond donors (Lipinski definition) is 1. The summed E-state index contributed by atoms with van der Waals surface area (Å²) in [5, 5.41) is 4.01. The van der Waals surface area contributed by atoms with Crippen LogP contribution >= 0.6 is 11.6 Å². The molecule has 0 bridgehead atoms. The van der Waals surface area contributed by atoms with Gasteiger partial charge < -0.3 is 4.74 Å². The van der Waals surface area contributed by atoms with Gasteiger partial charge in [0.15, 0.2) is 0 Å². The van der Waals surface area contributed by atoms with Gasteiger partial charge in [0, 0.05) is 11.8 Å². The highest BCUT2D eigenvalue weighted by Crippen LogP contribution is 2.15. The van der Waals surface area contributed by atoms with E-state index in [0.29, 0.717) is 11.3 Å². The van der Waals surface area contributed by atoms with Gasteiger partial charge in [-0.25, -0.2) is 14.8 Å². The van der Waals surface area contributed by atoms with Gasteiger partial charge in [-0.05, 0) is 48.0 Å². The van der Waals surface area contributed by atoms with Crippen LogP contribution in [-0.4, -0.2) is 17.1 Å². The van der Waals surface area contributed by atoms with Crippen molar-refractivity contribution in [1.82, 2.24) is 10.4 Å². The number of halogens is 2. The van der Waals surface area contributed by atoms with E-state index in [4.69, 9.17) is 16.3 Å². The second kappa shape index (κ2) is 8.91. The molecular formula is C20H15ClFN3O2. The first kappa shape index (κ1) is 18.5. The molecule has 2 aromatic carbocycles. The number of hydrogen-bond acceptors (Lipinski definition) is 4. The van der Waals surface area contributed by atoms with E-state index in [0.717, 1.165) is 5.56 Å². The summed E-state index contributed by atoms with van der Waals surface area (Å²) in [4.78, 5) is 15.8. The van der Waals surface area contributed by atoms with Gasteiger partial charge in [-0.2, -0.15) is 5.10 Å². The summed E-state index contributed by atoms with van der Waals surface area (Å²) < 4.78 is 19.1. The van der Waals surface area contributed by atoms with Crippen LogP contribution in [0.25, 0.3) is 0 Å². The van der Waals surface area contributed by atoms with Crippen LogP contribution in [0.4, 0.5) is 4.39 Å². The van der Waals surface area contributed by atoms with Crippen molar-refractivity contribution in [1.29, 1.82) is 0 Å². The summed E-state index contributed by atoms with van der Waals surface area (Å²) in [6.45, 7) is 0.141. The van der Waals surface area contributed by atoms with Gasteiger partial charge >= 0.3 is 0 Å². The number of rotatable bonds is 6. The van der Waals surface area contributed by atoms with Crippen LogP contribution in [-0.2, 0) is 6.61 Å². The molecule has 5 nitrogen and oxygen atoms in total. The molecular weight excluding hydrogens is 369 g/mol. The van der Waals surface area contributed by atoms with E-state index < -0.39 is 5.91 Å². The third-order valence-electron chi connectivity index (χ3n) is 3.62. The van der Waals surface area contributed by atoms with Crippen LogP contribution in [0.2, 0.25) is 5.15 Å². The largest absolute Gasteiger partial charge is 0.489 e. The fraction of sp³-hybridized carbons (Fsp3) is 0.0500. The van der Waals surface area contributed by atoms with E-state index in [-0.39, 0.29) is 23.1 Å². The Bertz CT molecular complexity index is 961. The van der Waals surface area contributed by atoms with Crippen LogP contribution in [0.5, 0.6) is 5.75 Å². The number of aromatic nitrogens is 1. The van der Waals surface area contributed by atoms with Gasteiger partial charge in [0.2, 0.25) is 0 Å². The molecule has 3 aromatic rings. The molecule has 7 heteroatoms. The number of carbonyl (C=O) groups excluding carboxylic acids is 1. The van der Waals surface area contributed by atoms with Crippen molar-refractivity contribution in [3.05, 3.63) is 94.5 Å². The Morgan fingerprint density at radius 3 is 2.67 bits per heavy atom. The van der Waals surface area contributed by atoms with Crippen molar-refractivity contribution in [2.24, 2.45) is 5.10 Å². The van der Waals surface area contributed by atoms with E-state index in [9.17, 15) is 9.18 Å². The lowest BCUT2D eigenvalue weighted by Crippen LogP contribution is -2.18. The highest BCUT2D eigenvalue weighted by molar-refractivity contribution is 6.32. The van der Waals surface area contributed by atoms with Crippen LogP contribution in [0.1, 0.15) is 21.5 Å². The summed E-state index contributed by atoms with van der Waals surface area (Å²) >= 11 is 5.85. The zero-order valence-corrected chi connectivity index (χ0v) is 14.9. The molecule has 0 saturated heterocycles. The van der Waals surface area contributed by atoms with E-state index in [1.807, 2.05) is 0 Å². The number of amides is 1. The van der Waals surface area contributed by atoms with Gasteiger partial charge in [-0.3, -0.25) is 4.79 Å². The van der Waals surface area contributed by atoms with Crippen LogP contribution in [0.3, 0.4) is 0 Å². The Kier molecular flexibility index (Phi) is 6.12. The molecule has 0 atom stereocenters. The van der Waals surface area contributed by atoms with Crippen molar-refractivity contribution >= 4 is 23.7 Å². The van der Waals surface area contributed by atoms with Crippen molar-refractivity contribution < 1.29 is 13.9 Å². The molecule has 0 unspecified atom stereocenters. The third kappa shape index (κ3) is 5.12. The number of benzene rings is 2. The minimum atomic E-state index is -0.450. The lowest BCUT2D eigenvalue weighted by Gasteiger charge is -2.07. The fourth-order valence-corrected chi connectivity index (χ4v) is 2.41. The fourth-order valence-electron chi connectivity index (χ4n) is 2.21. The number of carbonyl (C=O) groups is 1. The maximum absolute atomic E-state index is 13.6. The molecule has 0 aliphatic rings. The molecule has 27 heavy (non-hydrogen) atoms. The number of ether oxygens (including phenoxy) is 1. The predicted molar refractivity (Wildman–Crippen MR) is 101 cm³/mol. The Hall–Kier alpha value is -3.25. The summed E-state index contributed by atoms with van der Waals surface area (Å²) in [5.74, 6) is -0.151. The molecule has 0 aliphatic heterocycles. The van der Waals surface area contributed by atoms with Crippen molar-refractivity contribution in [2.45, 2.75) is 6.61 Å². The van der Waals surface area contributed by atoms with Gasteiger partial charge in [0.05, 0.1) is 11.8 Å². The molecule has 0 spiro atoms. The van der Waals surface area contributed by atoms with E-state index >= 15 is 0 Å². The highest BCUT2D eigenvalue weighted by Gasteiger charge is 2.09. The predicted octanol–water partition coefficient (Wildman–Crippen LogP) is 4.22. The summed E-state index contributed by atoms with van der Waals surface area (Å²) in [6.07, 6.45) is 2.99. The first-order valence-corrected chi connectivity index (χ1v) is 8.41. The van der Waals surface area contributed by atoms with E-state index in [1.54, 1.807) is 54.6 Å². The lowest BCUT2D eigenvalue weighted by atomic mass is 10.2. The van der Waals surface area contributed by atoms with Gasteiger partial charge in [-0.15, -0.1) is 0 Å². The SMILES string of the molecule is O=C(NN=Cc1ccc(OCc2ccccc2F)cc1)c1cccnc1Cl. The number of nitrogens with one attached hydrogen (secondary N) is 1. The van der Waals surface area contributed by atoms with Crippen molar-refractivity contribution in [2.75, 3.05) is 0 Å². The van der Waals surface area contributed by atoms with Crippen LogP contribution < -0.4 is 10.2 Å². The topological polar surface area (TPSA) is 63.6 Å². The molecule has 1 N–H and O–H groups in total. The maximum atomic E-state index is 13.6. The normalized spacial score (nSPS) is 10.7. The first-order valence-electron chi connectivity index (χ1n) is 8.03. The molecule has 0 fully saturated rings. The molecule has 0 radical (unpaired) electrons. The van der Waals surface area contributed by atoms with Crippen LogP contribution in [0, 0.1) is 5.82 Å². The maximum Gasteiger partial charge on any atom is 0.274 e. The quantitative estimate of drug-likeness (QED) is 0.394. The molecule has 136 valence electrons. The molecule has 3 rings (SSSR count). The number of pyridine rings is 1. The molecule has 1 heterocycles.